The minimum absolute atomic E-state index is 0.318. The van der Waals surface area contributed by atoms with Crippen molar-refractivity contribution in [2.24, 2.45) is 5.41 Å². The van der Waals surface area contributed by atoms with Crippen molar-refractivity contribution in [2.45, 2.75) is 38.6 Å². The summed E-state index contributed by atoms with van der Waals surface area (Å²) in [7, 11) is 0. The van der Waals surface area contributed by atoms with Crippen LogP contribution < -0.4 is 0 Å². The molecule has 0 spiro atoms. The van der Waals surface area contributed by atoms with Crippen LogP contribution in [0.3, 0.4) is 0 Å². The predicted molar refractivity (Wildman–Crippen MR) is 49.0 cm³/mol. The van der Waals surface area contributed by atoms with Crippen LogP contribution >= 0.6 is 0 Å². The maximum absolute atomic E-state index is 9.18. The molecule has 1 saturated heterocycles. The molecule has 1 saturated carbocycles. The van der Waals surface area contributed by atoms with Crippen LogP contribution in [0.1, 0.15) is 32.6 Å². The zero-order valence-corrected chi connectivity index (χ0v) is 7.92. The lowest BCUT2D eigenvalue weighted by Crippen LogP contribution is -2.34. The second-order valence-corrected chi connectivity index (χ2v) is 4.62. The smallest absolute Gasteiger partial charge is 0.0499 e. The fraction of sp³-hybridized carbons (Fsp3) is 1.00. The van der Waals surface area contributed by atoms with Gasteiger partial charge in [0.25, 0.3) is 0 Å². The van der Waals surface area contributed by atoms with Crippen molar-refractivity contribution in [1.82, 2.24) is 4.90 Å². The van der Waals surface area contributed by atoms with Gasteiger partial charge in [-0.25, -0.2) is 0 Å². The van der Waals surface area contributed by atoms with Gasteiger partial charge in [0.15, 0.2) is 0 Å². The van der Waals surface area contributed by atoms with Crippen LogP contribution in [0, 0.1) is 5.41 Å². The van der Waals surface area contributed by atoms with Gasteiger partial charge < -0.3 is 10.0 Å². The van der Waals surface area contributed by atoms with E-state index in [4.69, 9.17) is 0 Å². The lowest BCUT2D eigenvalue weighted by molar-refractivity contribution is 0.145. The van der Waals surface area contributed by atoms with Crippen molar-refractivity contribution in [3.8, 4) is 0 Å². The summed E-state index contributed by atoms with van der Waals surface area (Å²) in [5, 5.41) is 9.18. The van der Waals surface area contributed by atoms with Crippen molar-refractivity contribution in [3.63, 3.8) is 0 Å². The Kier molecular flexibility index (Phi) is 2.13. The first-order valence-electron chi connectivity index (χ1n) is 5.11. The Balaban J connectivity index is 1.86. The Morgan fingerprint density at radius 3 is 2.67 bits per heavy atom. The SMILES string of the molecule is C[C@@H]1CCCN1CC1(CO)CC1. The minimum Gasteiger partial charge on any atom is -0.396 e. The average Bonchev–Trinajstić information content (AvgIpc) is 2.74. The first-order chi connectivity index (χ1) is 5.76. The molecule has 2 heteroatoms. The maximum atomic E-state index is 9.18. The number of hydrogen-bond donors (Lipinski definition) is 1. The largest absolute Gasteiger partial charge is 0.396 e. The fourth-order valence-corrected chi connectivity index (χ4v) is 2.20. The zero-order valence-electron chi connectivity index (χ0n) is 7.92. The molecule has 2 fully saturated rings. The molecule has 1 aliphatic carbocycles. The normalized spacial score (nSPS) is 34.0. The molecule has 2 aliphatic rings. The van der Waals surface area contributed by atoms with E-state index in [0.717, 1.165) is 12.6 Å². The van der Waals surface area contributed by atoms with Gasteiger partial charge in [-0.1, -0.05) is 0 Å². The van der Waals surface area contributed by atoms with Gasteiger partial charge in [-0.3, -0.25) is 0 Å². The van der Waals surface area contributed by atoms with Gasteiger partial charge >= 0.3 is 0 Å². The van der Waals surface area contributed by atoms with Crippen molar-refractivity contribution >= 4 is 0 Å². The highest BCUT2D eigenvalue weighted by Gasteiger charge is 2.44. The number of aliphatic hydroxyl groups excluding tert-OH is 1. The molecule has 0 unspecified atom stereocenters. The molecule has 1 heterocycles. The molecule has 0 amide bonds. The van der Waals surface area contributed by atoms with E-state index in [1.807, 2.05) is 0 Å². The summed E-state index contributed by atoms with van der Waals surface area (Å²) in [4.78, 5) is 2.54. The molecule has 1 aliphatic heterocycles. The predicted octanol–water partition coefficient (Wildman–Crippen LogP) is 1.24. The molecule has 12 heavy (non-hydrogen) atoms. The summed E-state index contributed by atoms with van der Waals surface area (Å²) < 4.78 is 0. The van der Waals surface area contributed by atoms with Crippen molar-refractivity contribution < 1.29 is 5.11 Å². The van der Waals surface area contributed by atoms with Crippen LogP contribution in [0.5, 0.6) is 0 Å². The van der Waals surface area contributed by atoms with Gasteiger partial charge in [-0.05, 0) is 39.2 Å². The Labute approximate surface area is 74.6 Å². The summed E-state index contributed by atoms with van der Waals surface area (Å²) in [6.45, 7) is 5.10. The molecule has 70 valence electrons. The monoisotopic (exact) mass is 169 g/mol. The van der Waals surface area contributed by atoms with Crippen LogP contribution in [0.15, 0.2) is 0 Å². The average molecular weight is 169 g/mol. The van der Waals surface area contributed by atoms with Crippen molar-refractivity contribution in [1.29, 1.82) is 0 Å². The topological polar surface area (TPSA) is 23.5 Å². The molecule has 0 aromatic heterocycles. The number of likely N-dealkylation sites (tertiary alicyclic amines) is 1. The van der Waals surface area contributed by atoms with E-state index in [1.54, 1.807) is 0 Å². The first kappa shape index (κ1) is 8.52. The summed E-state index contributed by atoms with van der Waals surface area (Å²) in [6.07, 6.45) is 5.18. The van der Waals surface area contributed by atoms with Crippen LogP contribution in [0.25, 0.3) is 0 Å². The van der Waals surface area contributed by atoms with Crippen LogP contribution in [-0.2, 0) is 0 Å². The van der Waals surface area contributed by atoms with Gasteiger partial charge in [0, 0.05) is 24.6 Å². The minimum atomic E-state index is 0.318. The van der Waals surface area contributed by atoms with Crippen LogP contribution in [-0.4, -0.2) is 35.7 Å². The Hall–Kier alpha value is -0.0800. The molecule has 0 aromatic carbocycles. The lowest BCUT2D eigenvalue weighted by atomic mass is 10.1. The molecule has 2 rings (SSSR count). The zero-order chi connectivity index (χ0) is 8.60. The number of nitrogens with zero attached hydrogens (tertiary/aromatic N) is 1. The van der Waals surface area contributed by atoms with Crippen LogP contribution in [0.4, 0.5) is 0 Å². The molecule has 1 atom stereocenters. The Bertz CT molecular complexity index is 165. The highest BCUT2D eigenvalue weighted by atomic mass is 16.3. The maximum Gasteiger partial charge on any atom is 0.0499 e. The number of aliphatic hydroxyl groups is 1. The molecular formula is C10H19NO. The van der Waals surface area contributed by atoms with E-state index < -0.39 is 0 Å². The van der Waals surface area contributed by atoms with Gasteiger partial charge in [0.05, 0.1) is 0 Å². The molecule has 1 N–H and O–H groups in total. The highest BCUT2D eigenvalue weighted by molar-refractivity contribution is 4.96. The number of hydrogen-bond acceptors (Lipinski definition) is 2. The van der Waals surface area contributed by atoms with E-state index in [9.17, 15) is 5.11 Å². The first-order valence-corrected chi connectivity index (χ1v) is 5.11. The lowest BCUT2D eigenvalue weighted by Gasteiger charge is -2.25. The summed E-state index contributed by atoms with van der Waals surface area (Å²) >= 11 is 0. The third kappa shape index (κ3) is 1.50. The van der Waals surface area contributed by atoms with Crippen molar-refractivity contribution in [2.75, 3.05) is 19.7 Å². The summed E-state index contributed by atoms with van der Waals surface area (Å²) in [6, 6.07) is 0.758. The van der Waals surface area contributed by atoms with Gasteiger partial charge in [-0.15, -0.1) is 0 Å². The number of rotatable bonds is 3. The van der Waals surface area contributed by atoms with E-state index in [-0.39, 0.29) is 0 Å². The Morgan fingerprint density at radius 2 is 2.25 bits per heavy atom. The van der Waals surface area contributed by atoms with E-state index in [1.165, 1.54) is 32.2 Å². The Morgan fingerprint density at radius 1 is 1.50 bits per heavy atom. The highest BCUT2D eigenvalue weighted by Crippen LogP contribution is 2.46. The molecular weight excluding hydrogens is 150 g/mol. The molecule has 0 radical (unpaired) electrons. The van der Waals surface area contributed by atoms with Gasteiger partial charge in [0.1, 0.15) is 0 Å². The third-order valence-corrected chi connectivity index (χ3v) is 3.52. The second kappa shape index (κ2) is 3.00. The third-order valence-electron chi connectivity index (χ3n) is 3.52. The molecule has 0 aromatic rings. The van der Waals surface area contributed by atoms with Crippen molar-refractivity contribution in [3.05, 3.63) is 0 Å². The standard InChI is InChI=1S/C10H19NO/c1-9-3-2-6-11(9)7-10(8-12)4-5-10/h9,12H,2-8H2,1H3/t9-/m1/s1. The van der Waals surface area contributed by atoms with E-state index >= 15 is 0 Å². The molecule has 2 nitrogen and oxygen atoms in total. The van der Waals surface area contributed by atoms with E-state index in [2.05, 4.69) is 11.8 Å². The summed E-state index contributed by atoms with van der Waals surface area (Å²) in [5.41, 5.74) is 0.318. The molecule has 0 bridgehead atoms. The van der Waals surface area contributed by atoms with Gasteiger partial charge in [0.2, 0.25) is 0 Å². The van der Waals surface area contributed by atoms with Gasteiger partial charge in [-0.2, -0.15) is 0 Å². The second-order valence-electron chi connectivity index (χ2n) is 4.62. The van der Waals surface area contributed by atoms with Crippen LogP contribution in [0.2, 0.25) is 0 Å². The van der Waals surface area contributed by atoms with E-state index in [0.29, 0.717) is 12.0 Å². The fourth-order valence-electron chi connectivity index (χ4n) is 2.20. The summed E-state index contributed by atoms with van der Waals surface area (Å²) in [5.74, 6) is 0. The quantitative estimate of drug-likeness (QED) is 0.687.